The average molecular weight is 438 g/mol. The molecule has 28 heavy (non-hydrogen) atoms. The molecular weight excluding hydrogens is 423 g/mol. The highest BCUT2D eigenvalue weighted by Crippen LogP contribution is 2.37. The van der Waals surface area contributed by atoms with E-state index in [2.05, 4.69) is 10.4 Å². The normalized spacial score (nSPS) is 11.4. The number of esters is 1. The molecule has 7 nitrogen and oxygen atoms in total. The topological polar surface area (TPSA) is 90.3 Å². The number of ketones is 1. The van der Waals surface area contributed by atoms with Gasteiger partial charge in [-0.15, -0.1) is 11.3 Å². The van der Waals surface area contributed by atoms with E-state index < -0.39 is 34.5 Å². The molecule has 1 amide bonds. The number of halogens is 4. The van der Waals surface area contributed by atoms with Gasteiger partial charge in [-0.1, -0.05) is 11.6 Å². The molecule has 0 aliphatic carbocycles. The Morgan fingerprint density at radius 1 is 1.32 bits per heavy atom. The van der Waals surface area contributed by atoms with E-state index in [0.29, 0.717) is 10.2 Å². The number of carbonyl (C=O) groups excluding carboxylic acids is 3. The highest BCUT2D eigenvalue weighted by atomic mass is 35.5. The summed E-state index contributed by atoms with van der Waals surface area (Å²) in [5.74, 6) is -2.13. The number of amides is 1. The van der Waals surface area contributed by atoms with Crippen LogP contribution in [0.25, 0.3) is 0 Å². The number of carbonyl (C=O) groups is 3. The zero-order valence-electron chi connectivity index (χ0n) is 15.2. The summed E-state index contributed by atoms with van der Waals surface area (Å²) in [5, 5.41) is 4.68. The fraction of sp³-hybridized carbons (Fsp3) is 0.375. The van der Waals surface area contributed by atoms with Gasteiger partial charge in [-0.2, -0.15) is 18.3 Å². The standard InChI is InChI=1S/C16H15ClF3N3O4S/c1-5-27-15(26)8-6(2)11(7(3)24)28-14(8)21-13(25)10-9(17)12(16(18,19)20)22-23(10)4/h5H2,1-4H3,(H,21,25). The van der Waals surface area contributed by atoms with Gasteiger partial charge in [0.05, 0.1) is 17.0 Å². The monoisotopic (exact) mass is 437 g/mol. The Balaban J connectivity index is 2.50. The smallest absolute Gasteiger partial charge is 0.436 e. The van der Waals surface area contributed by atoms with Crippen LogP contribution in [-0.4, -0.2) is 34.0 Å². The molecular formula is C16H15ClF3N3O4S. The summed E-state index contributed by atoms with van der Waals surface area (Å²) in [5.41, 5.74) is -1.68. The molecule has 0 aromatic carbocycles. The number of aryl methyl sites for hydroxylation is 1. The van der Waals surface area contributed by atoms with Crippen LogP contribution in [0.1, 0.15) is 55.6 Å². The van der Waals surface area contributed by atoms with E-state index in [1.165, 1.54) is 13.8 Å². The van der Waals surface area contributed by atoms with E-state index in [0.717, 1.165) is 18.4 Å². The lowest BCUT2D eigenvalue weighted by atomic mass is 10.1. The third-order valence-electron chi connectivity index (χ3n) is 3.65. The van der Waals surface area contributed by atoms with Crippen molar-refractivity contribution in [1.82, 2.24) is 9.78 Å². The highest BCUT2D eigenvalue weighted by molar-refractivity contribution is 7.18. The van der Waals surface area contributed by atoms with Crippen LogP contribution in [0, 0.1) is 6.92 Å². The van der Waals surface area contributed by atoms with Crippen LogP contribution in [-0.2, 0) is 18.0 Å². The maximum atomic E-state index is 12.9. The number of hydrogen-bond acceptors (Lipinski definition) is 6. The Hall–Kier alpha value is -2.40. The molecule has 0 atom stereocenters. The molecule has 0 aliphatic rings. The Bertz CT molecular complexity index is 965. The number of anilines is 1. The molecule has 0 saturated carbocycles. The molecule has 0 unspecified atom stereocenters. The number of thiophene rings is 1. The van der Waals surface area contributed by atoms with Crippen LogP contribution in [0.4, 0.5) is 18.2 Å². The van der Waals surface area contributed by atoms with E-state index >= 15 is 0 Å². The minimum absolute atomic E-state index is 0.0306. The largest absolute Gasteiger partial charge is 0.462 e. The number of hydrogen-bond donors (Lipinski definition) is 1. The molecule has 2 rings (SSSR count). The van der Waals surface area contributed by atoms with E-state index in [9.17, 15) is 27.6 Å². The van der Waals surface area contributed by atoms with Gasteiger partial charge >= 0.3 is 12.1 Å². The summed E-state index contributed by atoms with van der Waals surface area (Å²) in [6, 6.07) is 0. The van der Waals surface area contributed by atoms with Crippen LogP contribution >= 0.6 is 22.9 Å². The Kier molecular flexibility index (Phi) is 6.19. The fourth-order valence-electron chi connectivity index (χ4n) is 2.47. The number of nitrogens with zero attached hydrogens (tertiary/aromatic N) is 2. The third-order valence-corrected chi connectivity index (χ3v) is 5.31. The van der Waals surface area contributed by atoms with Crippen molar-refractivity contribution >= 4 is 45.6 Å². The zero-order chi connectivity index (χ0) is 21.4. The molecule has 0 fully saturated rings. The number of aromatic nitrogens is 2. The van der Waals surface area contributed by atoms with Gasteiger partial charge in [-0.25, -0.2) is 4.79 Å². The molecule has 1 N–H and O–H groups in total. The fourth-order valence-corrected chi connectivity index (χ4v) is 3.91. The summed E-state index contributed by atoms with van der Waals surface area (Å²) < 4.78 is 44.5. The second kappa shape index (κ2) is 7.92. The highest BCUT2D eigenvalue weighted by Gasteiger charge is 2.40. The number of rotatable bonds is 5. The minimum Gasteiger partial charge on any atom is -0.462 e. The minimum atomic E-state index is -4.84. The summed E-state index contributed by atoms with van der Waals surface area (Å²) >= 11 is 6.53. The maximum Gasteiger partial charge on any atom is 0.436 e. The summed E-state index contributed by atoms with van der Waals surface area (Å²) in [4.78, 5) is 36.8. The second-order valence-electron chi connectivity index (χ2n) is 5.62. The van der Waals surface area contributed by atoms with Crippen molar-refractivity contribution in [3.8, 4) is 0 Å². The van der Waals surface area contributed by atoms with Gasteiger partial charge in [0.25, 0.3) is 5.91 Å². The lowest BCUT2D eigenvalue weighted by Crippen LogP contribution is -2.18. The lowest BCUT2D eigenvalue weighted by molar-refractivity contribution is -0.141. The molecule has 0 radical (unpaired) electrons. The Labute approximate surface area is 166 Å². The van der Waals surface area contributed by atoms with Crippen molar-refractivity contribution in [3.05, 3.63) is 32.4 Å². The average Bonchev–Trinajstić information content (AvgIpc) is 3.04. The first-order valence-electron chi connectivity index (χ1n) is 7.82. The number of ether oxygens (including phenoxy) is 1. The maximum absolute atomic E-state index is 12.9. The van der Waals surface area contributed by atoms with E-state index in [1.807, 2.05) is 0 Å². The van der Waals surface area contributed by atoms with Crippen molar-refractivity contribution in [3.63, 3.8) is 0 Å². The van der Waals surface area contributed by atoms with Crippen LogP contribution in [0.5, 0.6) is 0 Å². The van der Waals surface area contributed by atoms with Crippen molar-refractivity contribution in [2.45, 2.75) is 26.9 Å². The quantitative estimate of drug-likeness (QED) is 0.562. The Morgan fingerprint density at radius 3 is 2.39 bits per heavy atom. The third kappa shape index (κ3) is 4.04. The van der Waals surface area contributed by atoms with E-state index in [1.54, 1.807) is 6.92 Å². The second-order valence-corrected chi connectivity index (χ2v) is 7.02. The number of Topliss-reactive ketones (excluding diaryl/α,β-unsaturated/α-hetero) is 1. The zero-order valence-corrected chi connectivity index (χ0v) is 16.7. The molecule has 152 valence electrons. The van der Waals surface area contributed by atoms with Gasteiger partial charge in [-0.3, -0.25) is 14.3 Å². The van der Waals surface area contributed by atoms with Crippen LogP contribution in [0.3, 0.4) is 0 Å². The van der Waals surface area contributed by atoms with Crippen LogP contribution in [0.2, 0.25) is 5.02 Å². The van der Waals surface area contributed by atoms with Crippen molar-refractivity contribution in [1.29, 1.82) is 0 Å². The van der Waals surface area contributed by atoms with Gasteiger partial charge < -0.3 is 10.1 Å². The van der Waals surface area contributed by atoms with Crippen molar-refractivity contribution in [2.75, 3.05) is 11.9 Å². The first-order chi connectivity index (χ1) is 12.9. The molecule has 0 bridgehead atoms. The summed E-state index contributed by atoms with van der Waals surface area (Å²) in [6.07, 6.45) is -4.84. The van der Waals surface area contributed by atoms with Gasteiger partial charge in [0.1, 0.15) is 15.7 Å². The molecule has 0 saturated heterocycles. The van der Waals surface area contributed by atoms with Gasteiger partial charge in [0, 0.05) is 7.05 Å². The molecule has 0 spiro atoms. The summed E-state index contributed by atoms with van der Waals surface area (Å²) in [6.45, 7) is 4.43. The molecule has 2 heterocycles. The number of nitrogens with one attached hydrogen (secondary N) is 1. The predicted octanol–water partition coefficient (Wildman–Crippen LogP) is 4.09. The first-order valence-corrected chi connectivity index (χ1v) is 9.02. The molecule has 2 aromatic heterocycles. The van der Waals surface area contributed by atoms with Crippen molar-refractivity contribution < 1.29 is 32.3 Å². The number of alkyl halides is 3. The van der Waals surface area contributed by atoms with Gasteiger partial charge in [0.2, 0.25) is 0 Å². The van der Waals surface area contributed by atoms with E-state index in [-0.39, 0.29) is 27.8 Å². The van der Waals surface area contributed by atoms with Crippen molar-refractivity contribution in [2.24, 2.45) is 7.05 Å². The summed E-state index contributed by atoms with van der Waals surface area (Å²) in [7, 11) is 1.13. The molecule has 2 aromatic rings. The van der Waals surface area contributed by atoms with Gasteiger partial charge in [-0.05, 0) is 26.3 Å². The lowest BCUT2D eigenvalue weighted by Gasteiger charge is -2.07. The predicted molar refractivity (Wildman–Crippen MR) is 96.2 cm³/mol. The first kappa shape index (κ1) is 21.9. The van der Waals surface area contributed by atoms with Gasteiger partial charge in [0.15, 0.2) is 11.5 Å². The molecule has 0 aliphatic heterocycles. The Morgan fingerprint density at radius 2 is 1.93 bits per heavy atom. The van der Waals surface area contributed by atoms with Crippen LogP contribution < -0.4 is 5.32 Å². The molecule has 12 heteroatoms. The SMILES string of the molecule is CCOC(=O)c1c(NC(=O)c2c(Cl)c(C(F)(F)F)nn2C)sc(C(C)=O)c1C. The van der Waals surface area contributed by atoms with E-state index in [4.69, 9.17) is 16.3 Å². The van der Waals surface area contributed by atoms with Crippen LogP contribution in [0.15, 0.2) is 0 Å².